The highest BCUT2D eigenvalue weighted by atomic mass is 16.5. The number of hydrogen-bond acceptors (Lipinski definition) is 6. The molecule has 182 valence electrons. The van der Waals surface area contributed by atoms with Crippen molar-refractivity contribution in [3.63, 3.8) is 0 Å². The van der Waals surface area contributed by atoms with Crippen molar-refractivity contribution in [2.75, 3.05) is 20.8 Å². The summed E-state index contributed by atoms with van der Waals surface area (Å²) in [4.78, 5) is 11.7. The van der Waals surface area contributed by atoms with Crippen LogP contribution >= 0.6 is 0 Å². The van der Waals surface area contributed by atoms with Gasteiger partial charge < -0.3 is 24.1 Å². The molecule has 2 aromatic carbocycles. The minimum atomic E-state index is -1.29. The maximum atomic E-state index is 11.7. The maximum Gasteiger partial charge on any atom is 0.335 e. The Morgan fingerprint density at radius 3 is 2.32 bits per heavy atom. The Labute approximate surface area is 200 Å². The van der Waals surface area contributed by atoms with Crippen LogP contribution in [0.4, 0.5) is 0 Å². The van der Waals surface area contributed by atoms with Gasteiger partial charge in [-0.15, -0.1) is 0 Å². The summed E-state index contributed by atoms with van der Waals surface area (Å²) in [7, 11) is 3.20. The number of carbonyl (C=O) groups is 1. The number of carboxylic acid groups (broad SMARTS) is 1. The van der Waals surface area contributed by atoms with Gasteiger partial charge in [-0.05, 0) is 44.5 Å². The van der Waals surface area contributed by atoms with Gasteiger partial charge in [-0.1, -0.05) is 25.1 Å². The fourth-order valence-electron chi connectivity index (χ4n) is 3.49. The third kappa shape index (κ3) is 5.69. The molecule has 0 bridgehead atoms. The van der Waals surface area contributed by atoms with Crippen LogP contribution in [0.5, 0.6) is 17.2 Å². The summed E-state index contributed by atoms with van der Waals surface area (Å²) in [5.41, 5.74) is 1.97. The van der Waals surface area contributed by atoms with Crippen molar-refractivity contribution in [2.45, 2.75) is 45.9 Å². The lowest BCUT2D eigenvalue weighted by Crippen LogP contribution is -2.37. The van der Waals surface area contributed by atoms with Crippen molar-refractivity contribution < 1.29 is 28.8 Å². The molecule has 8 nitrogen and oxygen atoms in total. The minimum Gasteiger partial charge on any atom is -0.497 e. The second-order valence-electron chi connectivity index (χ2n) is 8.00. The fraction of sp³-hybridized carbons (Fsp3) is 0.385. The number of aliphatic carboxylic acids is 1. The van der Waals surface area contributed by atoms with Gasteiger partial charge in [-0.2, -0.15) is 5.10 Å². The van der Waals surface area contributed by atoms with Crippen molar-refractivity contribution in [1.82, 2.24) is 9.78 Å². The molecule has 0 aliphatic heterocycles. The number of aromatic nitrogens is 2. The third-order valence-corrected chi connectivity index (χ3v) is 5.74. The highest BCUT2D eigenvalue weighted by Gasteiger charge is 2.32. The van der Waals surface area contributed by atoms with Crippen molar-refractivity contribution >= 4 is 5.97 Å². The molecule has 1 aromatic heterocycles. The first-order valence-corrected chi connectivity index (χ1v) is 11.2. The second-order valence-corrected chi connectivity index (χ2v) is 8.00. The van der Waals surface area contributed by atoms with Crippen molar-refractivity contribution in [3.8, 4) is 28.5 Å². The van der Waals surface area contributed by atoms with Crippen LogP contribution in [0.2, 0.25) is 0 Å². The lowest BCUT2D eigenvalue weighted by atomic mass is 10.0. The van der Waals surface area contributed by atoms with Gasteiger partial charge in [0.25, 0.3) is 0 Å². The van der Waals surface area contributed by atoms with Crippen LogP contribution in [0, 0.1) is 0 Å². The molecule has 0 aliphatic rings. The first kappa shape index (κ1) is 25.1. The molecule has 0 spiro atoms. The smallest absolute Gasteiger partial charge is 0.335 e. The molecule has 0 aliphatic carbocycles. The monoisotopic (exact) mass is 468 g/mol. The standard InChI is InChI=1S/C26H32N2O6/c1-6-26(3,25(29)30)34-17-20-14-23(19-12-21(31-4)15-22(13-19)32-5)28(27-20)16-18-10-8-9-11-24(18)33-7-2/h8-15H,6-7,16-17H2,1-5H3,(H,29,30)/t26-/m1/s1. The number of carboxylic acids is 1. The Morgan fingerprint density at radius 2 is 1.74 bits per heavy atom. The molecule has 0 unspecified atom stereocenters. The lowest BCUT2D eigenvalue weighted by Gasteiger charge is -2.22. The Morgan fingerprint density at radius 1 is 1.06 bits per heavy atom. The van der Waals surface area contributed by atoms with Gasteiger partial charge >= 0.3 is 5.97 Å². The summed E-state index contributed by atoms with van der Waals surface area (Å²) >= 11 is 0. The molecule has 0 saturated heterocycles. The maximum absolute atomic E-state index is 11.7. The molecule has 3 aromatic rings. The van der Waals surface area contributed by atoms with E-state index in [2.05, 4.69) is 0 Å². The van der Waals surface area contributed by atoms with Gasteiger partial charge in [0, 0.05) is 17.2 Å². The predicted octanol–water partition coefficient (Wildman–Crippen LogP) is 4.78. The van der Waals surface area contributed by atoms with E-state index in [-0.39, 0.29) is 6.61 Å². The third-order valence-electron chi connectivity index (χ3n) is 5.74. The number of benzene rings is 2. The molecule has 0 amide bonds. The number of hydrogen-bond donors (Lipinski definition) is 1. The minimum absolute atomic E-state index is 0.0604. The van der Waals surface area contributed by atoms with Gasteiger partial charge in [0.05, 0.1) is 45.4 Å². The number of methoxy groups -OCH3 is 2. The van der Waals surface area contributed by atoms with Gasteiger partial charge in [-0.3, -0.25) is 4.68 Å². The number of ether oxygens (including phenoxy) is 4. The number of para-hydroxylation sites is 1. The molecule has 0 radical (unpaired) electrons. The Balaban J connectivity index is 2.04. The van der Waals surface area contributed by atoms with E-state index in [0.29, 0.717) is 36.8 Å². The molecule has 1 N–H and O–H groups in total. The van der Waals surface area contributed by atoms with Gasteiger partial charge in [0.15, 0.2) is 5.60 Å². The van der Waals surface area contributed by atoms with E-state index in [1.165, 1.54) is 0 Å². The van der Waals surface area contributed by atoms with Crippen LogP contribution in [0.15, 0.2) is 48.5 Å². The Hall–Kier alpha value is -3.52. The topological polar surface area (TPSA) is 92.0 Å². The molecular formula is C26H32N2O6. The SMILES string of the molecule is CCOc1ccccc1Cn1nc(CO[C@](C)(CC)C(=O)O)cc1-c1cc(OC)cc(OC)c1. The zero-order chi connectivity index (χ0) is 24.7. The molecule has 8 heteroatoms. The summed E-state index contributed by atoms with van der Waals surface area (Å²) in [6.45, 7) is 6.37. The number of rotatable bonds is 12. The van der Waals surface area contributed by atoms with Crippen LogP contribution in [0.3, 0.4) is 0 Å². The second kappa shape index (κ2) is 11.1. The van der Waals surface area contributed by atoms with E-state index < -0.39 is 11.6 Å². The molecule has 1 heterocycles. The molecular weight excluding hydrogens is 436 g/mol. The predicted molar refractivity (Wildman–Crippen MR) is 129 cm³/mol. The Bertz CT molecular complexity index is 1100. The van der Waals surface area contributed by atoms with Crippen LogP contribution < -0.4 is 14.2 Å². The normalized spacial score (nSPS) is 12.7. The largest absolute Gasteiger partial charge is 0.497 e. The van der Waals surface area contributed by atoms with Crippen LogP contribution in [0.1, 0.15) is 38.4 Å². The van der Waals surface area contributed by atoms with Crippen LogP contribution in [-0.2, 0) is 22.7 Å². The summed E-state index contributed by atoms with van der Waals surface area (Å²) in [5, 5.41) is 14.3. The van der Waals surface area contributed by atoms with Gasteiger partial charge in [0.2, 0.25) is 0 Å². The van der Waals surface area contributed by atoms with E-state index in [4.69, 9.17) is 24.0 Å². The summed E-state index contributed by atoms with van der Waals surface area (Å²) in [5.74, 6) is 1.09. The molecule has 0 saturated carbocycles. The van der Waals surface area contributed by atoms with Crippen molar-refractivity contribution in [1.29, 1.82) is 0 Å². The Kier molecular flexibility index (Phi) is 8.17. The van der Waals surface area contributed by atoms with Gasteiger partial charge in [-0.25, -0.2) is 4.79 Å². The average molecular weight is 469 g/mol. The van der Waals surface area contributed by atoms with Crippen molar-refractivity contribution in [2.24, 2.45) is 0 Å². The fourth-order valence-corrected chi connectivity index (χ4v) is 3.49. The first-order valence-electron chi connectivity index (χ1n) is 11.2. The van der Waals surface area contributed by atoms with Crippen LogP contribution in [0.25, 0.3) is 11.3 Å². The van der Waals surface area contributed by atoms with E-state index >= 15 is 0 Å². The molecule has 0 fully saturated rings. The van der Waals surface area contributed by atoms with E-state index in [0.717, 1.165) is 22.6 Å². The zero-order valence-corrected chi connectivity index (χ0v) is 20.3. The van der Waals surface area contributed by atoms with Gasteiger partial charge in [0.1, 0.15) is 17.2 Å². The molecule has 1 atom stereocenters. The van der Waals surface area contributed by atoms with Crippen LogP contribution in [-0.4, -0.2) is 47.3 Å². The van der Waals surface area contributed by atoms with E-state index in [1.807, 2.05) is 54.1 Å². The van der Waals surface area contributed by atoms with E-state index in [9.17, 15) is 9.90 Å². The van der Waals surface area contributed by atoms with Crippen molar-refractivity contribution in [3.05, 3.63) is 59.8 Å². The summed E-state index contributed by atoms with van der Waals surface area (Å²) in [6.07, 6.45) is 0.338. The first-order chi connectivity index (χ1) is 16.3. The molecule has 3 rings (SSSR count). The highest BCUT2D eigenvalue weighted by Crippen LogP contribution is 2.32. The quantitative estimate of drug-likeness (QED) is 0.409. The molecule has 34 heavy (non-hydrogen) atoms. The summed E-state index contributed by atoms with van der Waals surface area (Å²) in [6, 6.07) is 15.3. The lowest BCUT2D eigenvalue weighted by molar-refractivity contribution is -0.165. The zero-order valence-electron chi connectivity index (χ0n) is 20.3. The van der Waals surface area contributed by atoms with E-state index in [1.54, 1.807) is 34.1 Å². The number of nitrogens with zero attached hydrogens (tertiary/aromatic N) is 2. The summed E-state index contributed by atoms with van der Waals surface area (Å²) < 4.78 is 24.3. The highest BCUT2D eigenvalue weighted by molar-refractivity contribution is 5.76. The average Bonchev–Trinajstić information content (AvgIpc) is 3.26.